The largest absolute Gasteiger partial charge is 0.338 e. The zero-order valence-corrected chi connectivity index (χ0v) is 15.1. The zero-order chi connectivity index (χ0) is 17.3. The van der Waals surface area contributed by atoms with E-state index in [2.05, 4.69) is 24.0 Å². The molecule has 1 saturated heterocycles. The molecule has 0 amide bonds. The Morgan fingerprint density at radius 1 is 1.29 bits per heavy atom. The first-order valence-corrected chi connectivity index (χ1v) is 9.80. The Morgan fingerprint density at radius 3 is 2.67 bits per heavy atom. The van der Waals surface area contributed by atoms with Gasteiger partial charge >= 0.3 is 0 Å². The first kappa shape index (κ1) is 17.1. The third-order valence-corrected chi connectivity index (χ3v) is 6.79. The van der Waals surface area contributed by atoms with Gasteiger partial charge in [-0.05, 0) is 31.2 Å². The second kappa shape index (κ2) is 6.64. The van der Waals surface area contributed by atoms with Gasteiger partial charge in [-0.1, -0.05) is 43.3 Å². The SMILES string of the molecule is CC(C)c1ccc(-c2noc(CN3CCCC(C)S3(=O)=O)n2)cc1. The van der Waals surface area contributed by atoms with Crippen molar-refractivity contribution in [1.82, 2.24) is 14.4 Å². The highest BCUT2D eigenvalue weighted by atomic mass is 32.2. The predicted molar refractivity (Wildman–Crippen MR) is 91.8 cm³/mol. The molecule has 1 aromatic carbocycles. The standard InChI is InChI=1S/C17H23N3O3S/c1-12(2)14-6-8-15(9-7-14)17-18-16(23-19-17)11-20-10-4-5-13(3)24(20,21)22/h6-9,12-13H,4-5,10-11H2,1-3H3. The minimum Gasteiger partial charge on any atom is -0.338 e. The van der Waals surface area contributed by atoms with Gasteiger partial charge in [0.1, 0.15) is 0 Å². The molecule has 6 nitrogen and oxygen atoms in total. The maximum absolute atomic E-state index is 12.3. The van der Waals surface area contributed by atoms with Crippen molar-refractivity contribution < 1.29 is 12.9 Å². The van der Waals surface area contributed by atoms with Gasteiger partial charge in [-0.2, -0.15) is 9.29 Å². The number of benzene rings is 1. The predicted octanol–water partition coefficient (Wildman–Crippen LogP) is 3.17. The molecule has 0 N–H and O–H groups in total. The molecular weight excluding hydrogens is 326 g/mol. The Labute approximate surface area is 142 Å². The van der Waals surface area contributed by atoms with Crippen molar-refractivity contribution >= 4 is 10.0 Å². The van der Waals surface area contributed by atoms with Gasteiger partial charge in [0, 0.05) is 12.1 Å². The van der Waals surface area contributed by atoms with Gasteiger partial charge in [0.2, 0.25) is 21.7 Å². The van der Waals surface area contributed by atoms with Gasteiger partial charge in [0.05, 0.1) is 11.8 Å². The van der Waals surface area contributed by atoms with Gasteiger partial charge in [0.25, 0.3) is 0 Å². The topological polar surface area (TPSA) is 76.3 Å². The molecule has 0 aliphatic carbocycles. The smallest absolute Gasteiger partial charge is 0.242 e. The molecule has 3 rings (SSSR count). The molecule has 0 bridgehead atoms. The van der Waals surface area contributed by atoms with Crippen LogP contribution in [0.4, 0.5) is 0 Å². The number of nitrogens with zero attached hydrogens (tertiary/aromatic N) is 3. The van der Waals surface area contributed by atoms with Crippen LogP contribution in [0, 0.1) is 0 Å². The van der Waals surface area contributed by atoms with E-state index < -0.39 is 10.0 Å². The molecule has 1 aromatic heterocycles. The molecule has 2 aromatic rings. The van der Waals surface area contributed by atoms with Crippen LogP contribution >= 0.6 is 0 Å². The van der Waals surface area contributed by atoms with Crippen molar-refractivity contribution in [1.29, 1.82) is 0 Å². The Hall–Kier alpha value is -1.73. The van der Waals surface area contributed by atoms with Crippen LogP contribution in [-0.2, 0) is 16.6 Å². The third kappa shape index (κ3) is 3.37. The molecule has 130 valence electrons. The summed E-state index contributed by atoms with van der Waals surface area (Å²) in [5, 5.41) is 3.64. The summed E-state index contributed by atoms with van der Waals surface area (Å²) >= 11 is 0. The van der Waals surface area contributed by atoms with Gasteiger partial charge in [0.15, 0.2) is 0 Å². The highest BCUT2D eigenvalue weighted by Gasteiger charge is 2.33. The summed E-state index contributed by atoms with van der Waals surface area (Å²) in [7, 11) is -3.27. The Kier molecular flexibility index (Phi) is 4.73. The van der Waals surface area contributed by atoms with Crippen LogP contribution in [0.5, 0.6) is 0 Å². The molecule has 2 heterocycles. The molecular formula is C17H23N3O3S. The lowest BCUT2D eigenvalue weighted by atomic mass is 10.0. The van der Waals surface area contributed by atoms with Crippen molar-refractivity contribution in [3.8, 4) is 11.4 Å². The Balaban J connectivity index is 1.76. The first-order chi connectivity index (χ1) is 11.4. The summed E-state index contributed by atoms with van der Waals surface area (Å²) in [6.45, 7) is 6.68. The highest BCUT2D eigenvalue weighted by Crippen LogP contribution is 2.24. The van der Waals surface area contributed by atoms with Crippen LogP contribution in [-0.4, -0.2) is 34.7 Å². The summed E-state index contributed by atoms with van der Waals surface area (Å²) in [6.07, 6.45) is 1.56. The van der Waals surface area contributed by atoms with E-state index >= 15 is 0 Å². The van der Waals surface area contributed by atoms with E-state index in [-0.39, 0.29) is 11.8 Å². The van der Waals surface area contributed by atoms with Crippen LogP contribution < -0.4 is 0 Å². The zero-order valence-electron chi connectivity index (χ0n) is 14.3. The van der Waals surface area contributed by atoms with E-state index in [1.54, 1.807) is 6.92 Å². The van der Waals surface area contributed by atoms with Crippen LogP contribution in [0.2, 0.25) is 0 Å². The van der Waals surface area contributed by atoms with E-state index in [4.69, 9.17) is 4.52 Å². The van der Waals surface area contributed by atoms with E-state index in [0.29, 0.717) is 30.6 Å². The minimum atomic E-state index is -3.27. The maximum Gasteiger partial charge on any atom is 0.242 e. The van der Waals surface area contributed by atoms with Gasteiger partial charge in [-0.3, -0.25) is 0 Å². The van der Waals surface area contributed by atoms with Crippen molar-refractivity contribution in [2.75, 3.05) is 6.54 Å². The number of hydrogen-bond acceptors (Lipinski definition) is 5. The fourth-order valence-corrected chi connectivity index (χ4v) is 4.51. The van der Waals surface area contributed by atoms with E-state index in [0.717, 1.165) is 12.0 Å². The molecule has 1 fully saturated rings. The molecule has 0 radical (unpaired) electrons. The summed E-state index contributed by atoms with van der Waals surface area (Å²) < 4.78 is 31.4. The van der Waals surface area contributed by atoms with Crippen molar-refractivity contribution in [2.45, 2.75) is 51.3 Å². The average molecular weight is 349 g/mol. The molecule has 1 atom stereocenters. The second-order valence-corrected chi connectivity index (χ2v) is 8.97. The normalized spacial score (nSPS) is 21.2. The molecule has 1 aliphatic heterocycles. The van der Waals surface area contributed by atoms with Gasteiger partial charge in [-0.25, -0.2) is 8.42 Å². The summed E-state index contributed by atoms with van der Waals surface area (Å²) in [5.74, 6) is 1.28. The lowest BCUT2D eigenvalue weighted by Gasteiger charge is -2.29. The lowest BCUT2D eigenvalue weighted by molar-refractivity contribution is 0.299. The third-order valence-electron chi connectivity index (χ3n) is 4.50. The average Bonchev–Trinajstić information content (AvgIpc) is 3.01. The Morgan fingerprint density at radius 2 is 2.00 bits per heavy atom. The monoisotopic (exact) mass is 349 g/mol. The van der Waals surface area contributed by atoms with Gasteiger partial charge in [-0.15, -0.1) is 0 Å². The number of sulfonamides is 1. The van der Waals surface area contributed by atoms with Gasteiger partial charge < -0.3 is 4.52 Å². The fourth-order valence-electron chi connectivity index (χ4n) is 2.86. The second-order valence-electron chi connectivity index (χ2n) is 6.62. The molecule has 1 unspecified atom stereocenters. The van der Waals surface area contributed by atoms with Crippen LogP contribution in [0.3, 0.4) is 0 Å². The highest BCUT2D eigenvalue weighted by molar-refractivity contribution is 7.89. The summed E-state index contributed by atoms with van der Waals surface area (Å²) in [5.41, 5.74) is 2.11. The number of aromatic nitrogens is 2. The molecule has 0 spiro atoms. The molecule has 1 aliphatic rings. The first-order valence-electron chi connectivity index (χ1n) is 8.30. The van der Waals surface area contributed by atoms with E-state index in [1.807, 2.05) is 24.3 Å². The number of hydrogen-bond donors (Lipinski definition) is 0. The van der Waals surface area contributed by atoms with Crippen molar-refractivity contribution in [3.05, 3.63) is 35.7 Å². The van der Waals surface area contributed by atoms with Crippen molar-refractivity contribution in [2.24, 2.45) is 0 Å². The minimum absolute atomic E-state index is 0.143. The molecule has 24 heavy (non-hydrogen) atoms. The van der Waals surface area contributed by atoms with E-state index in [1.165, 1.54) is 9.87 Å². The quantitative estimate of drug-likeness (QED) is 0.847. The molecule has 7 heteroatoms. The van der Waals surface area contributed by atoms with Crippen LogP contribution in [0.25, 0.3) is 11.4 Å². The van der Waals surface area contributed by atoms with Crippen molar-refractivity contribution in [3.63, 3.8) is 0 Å². The van der Waals surface area contributed by atoms with E-state index in [9.17, 15) is 8.42 Å². The lowest BCUT2D eigenvalue weighted by Crippen LogP contribution is -2.41. The summed E-state index contributed by atoms with van der Waals surface area (Å²) in [4.78, 5) is 4.36. The maximum atomic E-state index is 12.3. The molecule has 0 saturated carbocycles. The summed E-state index contributed by atoms with van der Waals surface area (Å²) in [6, 6.07) is 8.02. The van der Waals surface area contributed by atoms with Crippen LogP contribution in [0.15, 0.2) is 28.8 Å². The van der Waals surface area contributed by atoms with Crippen LogP contribution in [0.1, 0.15) is 51.0 Å². The fraction of sp³-hybridized carbons (Fsp3) is 0.529. The number of rotatable bonds is 4. The Bertz CT molecular complexity index is 797.